The molecule has 0 saturated carbocycles. The smallest absolute Gasteiger partial charge is 0.387 e. The van der Waals surface area contributed by atoms with Crippen molar-refractivity contribution >= 4 is 13.7 Å². The Morgan fingerprint density at radius 3 is 1.48 bits per heavy atom. The highest BCUT2D eigenvalue weighted by atomic mass is 31.2. The maximum Gasteiger partial charge on any atom is 0.472 e. The molecule has 0 aliphatic carbocycles. The number of carbonyl (C=O) groups excluding carboxylic acids is 1. The van der Waals surface area contributed by atoms with E-state index in [1.807, 2.05) is 27.2 Å². The van der Waals surface area contributed by atoms with Gasteiger partial charge in [0.2, 0.25) is 5.91 Å². The number of nitrogens with zero attached hydrogens (tertiary/aromatic N) is 1. The highest BCUT2D eigenvalue weighted by molar-refractivity contribution is 7.47. The van der Waals surface area contributed by atoms with Gasteiger partial charge in [0, 0.05) is 6.42 Å². The molecular formula is C45H86N2O6P+. The maximum absolute atomic E-state index is 12.8. The quantitative estimate of drug-likeness (QED) is 0.0248. The fraction of sp³-hybridized carbons (Fsp3) is 0.800. The highest BCUT2D eigenvalue weighted by Gasteiger charge is 2.27. The number of unbranched alkanes of at least 4 members (excludes halogenated alkanes) is 20. The Kier molecular flexibility index (Phi) is 36.0. The van der Waals surface area contributed by atoms with Crippen LogP contribution in [0.3, 0.4) is 0 Å². The van der Waals surface area contributed by atoms with Crippen LogP contribution < -0.4 is 5.32 Å². The zero-order valence-electron chi connectivity index (χ0n) is 35.7. The number of hydrogen-bond acceptors (Lipinski definition) is 5. The third-order valence-electron chi connectivity index (χ3n) is 9.50. The lowest BCUT2D eigenvalue weighted by Crippen LogP contribution is -2.45. The van der Waals surface area contributed by atoms with Crippen molar-refractivity contribution in [2.24, 2.45) is 0 Å². The number of quaternary nitrogens is 1. The van der Waals surface area contributed by atoms with E-state index in [1.54, 1.807) is 6.08 Å². The van der Waals surface area contributed by atoms with Crippen LogP contribution in [0.2, 0.25) is 0 Å². The lowest BCUT2D eigenvalue weighted by molar-refractivity contribution is -0.870. The predicted octanol–water partition coefficient (Wildman–Crippen LogP) is 12.1. The maximum atomic E-state index is 12.8. The number of nitrogens with one attached hydrogen (secondary N) is 1. The van der Waals surface area contributed by atoms with Gasteiger partial charge in [-0.2, -0.15) is 0 Å². The zero-order chi connectivity index (χ0) is 40.0. The molecule has 0 rings (SSSR count). The fourth-order valence-corrected chi connectivity index (χ4v) is 6.68. The van der Waals surface area contributed by atoms with Gasteiger partial charge < -0.3 is 19.8 Å². The van der Waals surface area contributed by atoms with Crippen molar-refractivity contribution in [2.75, 3.05) is 40.9 Å². The molecule has 0 bridgehead atoms. The van der Waals surface area contributed by atoms with Gasteiger partial charge in [-0.1, -0.05) is 152 Å². The number of allylic oxidation sites excluding steroid dienone is 7. The Bertz CT molecular complexity index is 1020. The van der Waals surface area contributed by atoms with E-state index >= 15 is 0 Å². The van der Waals surface area contributed by atoms with Crippen LogP contribution in [-0.2, 0) is 18.4 Å². The lowest BCUT2D eigenvalue weighted by Gasteiger charge is -2.25. The summed E-state index contributed by atoms with van der Waals surface area (Å²) in [7, 11) is 1.54. The predicted molar refractivity (Wildman–Crippen MR) is 231 cm³/mol. The third-order valence-corrected chi connectivity index (χ3v) is 10.5. The molecule has 3 unspecified atom stereocenters. The molecule has 3 N–H and O–H groups in total. The molecule has 0 aliphatic heterocycles. The minimum atomic E-state index is -4.35. The van der Waals surface area contributed by atoms with E-state index in [2.05, 4.69) is 55.6 Å². The summed E-state index contributed by atoms with van der Waals surface area (Å²) in [6.45, 7) is 4.75. The summed E-state index contributed by atoms with van der Waals surface area (Å²) < 4.78 is 23.5. The van der Waals surface area contributed by atoms with Crippen LogP contribution in [0.4, 0.5) is 0 Å². The molecule has 0 fully saturated rings. The topological polar surface area (TPSA) is 105 Å². The zero-order valence-corrected chi connectivity index (χ0v) is 36.6. The monoisotopic (exact) mass is 782 g/mol. The molecule has 54 heavy (non-hydrogen) atoms. The number of aliphatic hydroxyl groups excluding tert-OH is 1. The number of aliphatic hydroxyl groups is 1. The van der Waals surface area contributed by atoms with E-state index in [9.17, 15) is 19.4 Å². The van der Waals surface area contributed by atoms with E-state index in [0.29, 0.717) is 17.4 Å². The molecular weight excluding hydrogens is 695 g/mol. The number of rotatable bonds is 39. The second-order valence-corrected chi connectivity index (χ2v) is 17.5. The van der Waals surface area contributed by atoms with Crippen molar-refractivity contribution in [1.29, 1.82) is 0 Å². The second-order valence-electron chi connectivity index (χ2n) is 16.0. The van der Waals surface area contributed by atoms with Crippen LogP contribution >= 0.6 is 7.82 Å². The van der Waals surface area contributed by atoms with Gasteiger partial charge in [-0.3, -0.25) is 13.8 Å². The Hall–Kier alpha value is -1.54. The molecule has 0 aromatic carbocycles. The molecule has 0 heterocycles. The molecule has 3 atom stereocenters. The normalized spacial score (nSPS) is 14.9. The first-order chi connectivity index (χ1) is 26.0. The fourth-order valence-electron chi connectivity index (χ4n) is 5.95. The number of phosphoric acid groups is 1. The average Bonchev–Trinajstić information content (AvgIpc) is 3.12. The average molecular weight is 782 g/mol. The van der Waals surface area contributed by atoms with E-state index < -0.39 is 20.0 Å². The first kappa shape index (κ1) is 52.5. The summed E-state index contributed by atoms with van der Waals surface area (Å²) in [5.74, 6) is -0.202. The molecule has 0 aliphatic rings. The molecule has 9 heteroatoms. The number of carbonyl (C=O) groups is 1. The van der Waals surface area contributed by atoms with Crippen molar-refractivity contribution in [2.45, 2.75) is 193 Å². The molecule has 0 saturated heterocycles. The lowest BCUT2D eigenvalue weighted by atomic mass is 10.1. The Morgan fingerprint density at radius 1 is 0.611 bits per heavy atom. The standard InChI is InChI=1S/C45H85N2O6P/c1-6-8-10-12-14-16-18-20-22-23-24-25-26-28-30-32-34-36-38-44(48)43(42-53-54(50,51)52-41-40-47(3,4)5)46-45(49)39-37-35-33-31-29-27-21-19-17-15-13-11-9-7-2/h19,21,23-24,28,30,36,38,43-44,48H,6-18,20,22,25-27,29,31-35,37,39-42H2,1-5H3,(H-,46,49,50,51)/p+1/b21-19-,24-23+,30-28+,38-36+. The van der Waals surface area contributed by atoms with Crippen LogP contribution in [0, 0.1) is 0 Å². The van der Waals surface area contributed by atoms with Crippen molar-refractivity contribution in [1.82, 2.24) is 5.32 Å². The van der Waals surface area contributed by atoms with E-state index in [0.717, 1.165) is 57.8 Å². The molecule has 0 aromatic heterocycles. The van der Waals surface area contributed by atoms with E-state index in [-0.39, 0.29) is 19.1 Å². The Balaban J connectivity index is 4.54. The minimum absolute atomic E-state index is 0.0509. The highest BCUT2D eigenvalue weighted by Crippen LogP contribution is 2.43. The van der Waals surface area contributed by atoms with Crippen molar-refractivity contribution < 1.29 is 32.9 Å². The minimum Gasteiger partial charge on any atom is -0.387 e. The van der Waals surface area contributed by atoms with E-state index in [1.165, 1.54) is 103 Å². The van der Waals surface area contributed by atoms with Crippen molar-refractivity contribution in [3.63, 3.8) is 0 Å². The first-order valence-corrected chi connectivity index (χ1v) is 23.5. The largest absolute Gasteiger partial charge is 0.472 e. The Morgan fingerprint density at radius 2 is 1.02 bits per heavy atom. The van der Waals surface area contributed by atoms with Crippen LogP contribution in [-0.4, -0.2) is 73.4 Å². The SMILES string of the molecule is CCCCCCC/C=C\CCCCCCCC(=O)NC(COP(=O)(O)OCC[N+](C)(C)C)C(O)/C=C/CC/C=C/CC/C=C/CCCCCCCCCC. The van der Waals surface area contributed by atoms with Gasteiger partial charge in [-0.05, 0) is 70.6 Å². The molecule has 316 valence electrons. The summed E-state index contributed by atoms with van der Waals surface area (Å²) in [4.78, 5) is 23.1. The Labute approximate surface area is 333 Å². The van der Waals surface area contributed by atoms with Gasteiger partial charge in [-0.25, -0.2) is 4.57 Å². The molecule has 0 aromatic rings. The summed E-state index contributed by atoms with van der Waals surface area (Å²) in [6, 6.07) is -0.872. The van der Waals surface area contributed by atoms with Gasteiger partial charge in [0.15, 0.2) is 0 Å². The number of amides is 1. The second kappa shape index (κ2) is 37.1. The van der Waals surface area contributed by atoms with E-state index in [4.69, 9.17) is 9.05 Å². The molecule has 0 spiro atoms. The first-order valence-electron chi connectivity index (χ1n) is 22.0. The van der Waals surface area contributed by atoms with Gasteiger partial charge in [0.25, 0.3) is 0 Å². The number of hydrogen-bond donors (Lipinski definition) is 3. The number of likely N-dealkylation sites (N-methyl/N-ethyl adjacent to an activating group) is 1. The van der Waals surface area contributed by atoms with Gasteiger partial charge in [0.1, 0.15) is 13.2 Å². The van der Waals surface area contributed by atoms with Crippen molar-refractivity contribution in [3.8, 4) is 0 Å². The van der Waals surface area contributed by atoms with Gasteiger partial charge in [-0.15, -0.1) is 0 Å². The summed E-state index contributed by atoms with van der Waals surface area (Å²) >= 11 is 0. The summed E-state index contributed by atoms with van der Waals surface area (Å²) in [5, 5.41) is 13.8. The summed E-state index contributed by atoms with van der Waals surface area (Å²) in [5.41, 5.74) is 0. The molecule has 0 radical (unpaired) electrons. The summed E-state index contributed by atoms with van der Waals surface area (Å²) in [6.07, 6.45) is 46.1. The van der Waals surface area contributed by atoms with Crippen molar-refractivity contribution in [3.05, 3.63) is 48.6 Å². The molecule has 1 amide bonds. The van der Waals surface area contributed by atoms with Gasteiger partial charge >= 0.3 is 7.82 Å². The van der Waals surface area contributed by atoms with Crippen LogP contribution in [0.5, 0.6) is 0 Å². The van der Waals surface area contributed by atoms with Crippen LogP contribution in [0.1, 0.15) is 181 Å². The molecule has 8 nitrogen and oxygen atoms in total. The van der Waals surface area contributed by atoms with Crippen LogP contribution in [0.25, 0.3) is 0 Å². The third kappa shape index (κ3) is 38.7. The number of phosphoric ester groups is 1. The van der Waals surface area contributed by atoms with Crippen LogP contribution in [0.15, 0.2) is 48.6 Å². The van der Waals surface area contributed by atoms with Gasteiger partial charge in [0.05, 0.1) is 39.9 Å².